The quantitative estimate of drug-likeness (QED) is 0.659. The second kappa shape index (κ2) is 7.57. The monoisotopic (exact) mass is 347 g/mol. The second-order valence-electron chi connectivity index (χ2n) is 5.69. The average molecular weight is 347 g/mol. The van der Waals surface area contributed by atoms with Crippen molar-refractivity contribution >= 4 is 17.9 Å². The number of hydrogen-bond donors (Lipinski definition) is 0. The molecular formula is C20H17N3O3. The lowest BCUT2D eigenvalue weighted by atomic mass is 10.1. The summed E-state index contributed by atoms with van der Waals surface area (Å²) in [5.41, 5.74) is 2.44. The first kappa shape index (κ1) is 17.3. The number of aromatic nitrogens is 2. The van der Waals surface area contributed by atoms with E-state index in [9.17, 15) is 9.59 Å². The molecule has 26 heavy (non-hydrogen) atoms. The lowest BCUT2D eigenvalue weighted by Gasteiger charge is -2.19. The first-order valence-corrected chi connectivity index (χ1v) is 7.97. The fourth-order valence-electron chi connectivity index (χ4n) is 2.40. The Kier molecular flexibility index (Phi) is 5.03. The molecule has 0 aliphatic carbocycles. The maximum Gasteiger partial charge on any atom is 0.321 e. The van der Waals surface area contributed by atoms with Crippen LogP contribution in [0.3, 0.4) is 0 Å². The molecule has 1 aromatic heterocycles. The van der Waals surface area contributed by atoms with Gasteiger partial charge in [0.25, 0.3) is 5.91 Å². The topological polar surface area (TPSA) is 72.4 Å². The molecule has 0 saturated heterocycles. The van der Waals surface area contributed by atoms with Crippen LogP contribution in [0.2, 0.25) is 0 Å². The summed E-state index contributed by atoms with van der Waals surface area (Å²) in [4.78, 5) is 33.2. The predicted octanol–water partition coefficient (Wildman–Crippen LogP) is 3.67. The third-order valence-electron chi connectivity index (χ3n) is 3.88. The van der Waals surface area contributed by atoms with Gasteiger partial charge in [-0.3, -0.25) is 9.59 Å². The molecule has 0 unspecified atom stereocenters. The molecule has 6 nitrogen and oxygen atoms in total. The summed E-state index contributed by atoms with van der Waals surface area (Å²) in [6, 6.07) is 14.0. The van der Waals surface area contributed by atoms with Gasteiger partial charge in [-0.15, -0.1) is 0 Å². The zero-order valence-corrected chi connectivity index (χ0v) is 14.4. The molecule has 0 radical (unpaired) electrons. The Morgan fingerprint density at radius 1 is 1.08 bits per heavy atom. The van der Waals surface area contributed by atoms with E-state index in [1.165, 1.54) is 4.90 Å². The zero-order valence-electron chi connectivity index (χ0n) is 14.4. The van der Waals surface area contributed by atoms with Gasteiger partial charge in [-0.05, 0) is 36.8 Å². The highest BCUT2D eigenvalue weighted by Crippen LogP contribution is 2.28. The van der Waals surface area contributed by atoms with Crippen molar-refractivity contribution in [1.29, 1.82) is 0 Å². The number of anilines is 1. The molecule has 0 bridgehead atoms. The van der Waals surface area contributed by atoms with E-state index in [0.29, 0.717) is 28.8 Å². The van der Waals surface area contributed by atoms with Gasteiger partial charge in [-0.25, -0.2) is 9.97 Å². The van der Waals surface area contributed by atoms with Gasteiger partial charge in [0.15, 0.2) is 0 Å². The van der Waals surface area contributed by atoms with Crippen LogP contribution in [0, 0.1) is 6.92 Å². The molecule has 6 heteroatoms. The normalized spacial score (nSPS) is 10.2. The molecule has 0 spiro atoms. The van der Waals surface area contributed by atoms with Gasteiger partial charge in [0, 0.05) is 42.3 Å². The molecule has 1 heterocycles. The Hall–Kier alpha value is -3.54. The summed E-state index contributed by atoms with van der Waals surface area (Å²) in [7, 11) is 1.67. The van der Waals surface area contributed by atoms with Gasteiger partial charge in [-0.2, -0.15) is 0 Å². The van der Waals surface area contributed by atoms with E-state index in [0.717, 1.165) is 5.56 Å². The fraction of sp³-hybridized carbons (Fsp3) is 0.100. The highest BCUT2D eigenvalue weighted by atomic mass is 16.5. The van der Waals surface area contributed by atoms with E-state index >= 15 is 0 Å². The Balaban J connectivity index is 1.87. The van der Waals surface area contributed by atoms with E-state index < -0.39 is 0 Å². The molecule has 0 saturated carbocycles. The number of benzene rings is 2. The number of carbonyl (C=O) groups is 2. The molecule has 3 aromatic rings. The summed E-state index contributed by atoms with van der Waals surface area (Å²) >= 11 is 0. The first-order valence-electron chi connectivity index (χ1n) is 7.97. The Labute approximate surface area is 151 Å². The molecule has 3 rings (SSSR count). The van der Waals surface area contributed by atoms with Crippen molar-refractivity contribution in [2.45, 2.75) is 6.92 Å². The van der Waals surface area contributed by atoms with Crippen LogP contribution in [0.4, 0.5) is 5.69 Å². The summed E-state index contributed by atoms with van der Waals surface area (Å²) < 4.78 is 5.72. The molecule has 0 aliphatic rings. The lowest BCUT2D eigenvalue weighted by Crippen LogP contribution is -2.26. The maximum absolute atomic E-state index is 12.7. The van der Waals surface area contributed by atoms with E-state index in [1.54, 1.807) is 55.8 Å². The predicted molar refractivity (Wildman–Crippen MR) is 97.8 cm³/mol. The third-order valence-corrected chi connectivity index (χ3v) is 3.88. The average Bonchev–Trinajstić information content (AvgIpc) is 2.69. The van der Waals surface area contributed by atoms with Crippen molar-refractivity contribution in [3.05, 3.63) is 77.6 Å². The Morgan fingerprint density at radius 3 is 2.58 bits per heavy atom. The number of aryl methyl sites for hydroxylation is 1. The van der Waals surface area contributed by atoms with Crippen LogP contribution >= 0.6 is 0 Å². The summed E-state index contributed by atoms with van der Waals surface area (Å²) in [6.07, 6.45) is 3.91. The van der Waals surface area contributed by atoms with E-state index in [4.69, 9.17) is 4.74 Å². The minimum absolute atomic E-state index is 0.223. The highest BCUT2D eigenvalue weighted by Gasteiger charge is 2.15. The van der Waals surface area contributed by atoms with E-state index in [1.807, 2.05) is 19.1 Å². The van der Waals surface area contributed by atoms with Crippen LogP contribution in [0.1, 0.15) is 26.3 Å². The largest absolute Gasteiger partial charge is 0.424 e. The SMILES string of the molecule is Cc1ccc(N(C)C(=O)c2cccc(C=O)c2)cc1Oc1ncccn1. The zero-order chi connectivity index (χ0) is 18.5. The van der Waals surface area contributed by atoms with Crippen LogP contribution in [0.5, 0.6) is 11.8 Å². The Morgan fingerprint density at radius 2 is 1.85 bits per heavy atom. The fourth-order valence-corrected chi connectivity index (χ4v) is 2.40. The van der Waals surface area contributed by atoms with Crippen molar-refractivity contribution in [2.24, 2.45) is 0 Å². The van der Waals surface area contributed by atoms with Crippen LogP contribution in [-0.4, -0.2) is 29.2 Å². The number of rotatable bonds is 5. The molecular weight excluding hydrogens is 330 g/mol. The van der Waals surface area contributed by atoms with Gasteiger partial charge >= 0.3 is 6.01 Å². The third kappa shape index (κ3) is 3.75. The maximum atomic E-state index is 12.7. The summed E-state index contributed by atoms with van der Waals surface area (Å²) in [5.74, 6) is 0.342. The van der Waals surface area contributed by atoms with Gasteiger partial charge in [0.2, 0.25) is 0 Å². The number of amides is 1. The van der Waals surface area contributed by atoms with Crippen molar-refractivity contribution < 1.29 is 14.3 Å². The van der Waals surface area contributed by atoms with Gasteiger partial charge < -0.3 is 9.64 Å². The van der Waals surface area contributed by atoms with Crippen molar-refractivity contribution in [1.82, 2.24) is 9.97 Å². The van der Waals surface area contributed by atoms with E-state index in [2.05, 4.69) is 9.97 Å². The smallest absolute Gasteiger partial charge is 0.321 e. The summed E-state index contributed by atoms with van der Waals surface area (Å²) in [5, 5.41) is 0. The Bertz CT molecular complexity index is 942. The van der Waals surface area contributed by atoms with Gasteiger partial charge in [0.1, 0.15) is 12.0 Å². The van der Waals surface area contributed by atoms with Crippen LogP contribution in [0.15, 0.2) is 60.9 Å². The molecule has 0 atom stereocenters. The highest BCUT2D eigenvalue weighted by molar-refractivity contribution is 6.06. The number of ether oxygens (including phenoxy) is 1. The van der Waals surface area contributed by atoms with Gasteiger partial charge in [-0.1, -0.05) is 18.2 Å². The number of hydrogen-bond acceptors (Lipinski definition) is 5. The standard InChI is InChI=1S/C20H17N3O3/c1-14-7-8-17(12-18(14)26-20-21-9-4-10-22-20)23(2)19(25)16-6-3-5-15(11-16)13-24/h3-13H,1-2H3. The molecule has 0 aliphatic heterocycles. The van der Waals surface area contributed by atoms with Crippen LogP contribution < -0.4 is 9.64 Å². The molecule has 130 valence electrons. The van der Waals surface area contributed by atoms with Gasteiger partial charge in [0.05, 0.1) is 0 Å². The first-order chi connectivity index (χ1) is 12.6. The summed E-state index contributed by atoms with van der Waals surface area (Å²) in [6.45, 7) is 1.90. The minimum atomic E-state index is -0.223. The number of nitrogens with zero attached hydrogens (tertiary/aromatic N) is 3. The van der Waals surface area contributed by atoms with E-state index in [-0.39, 0.29) is 11.9 Å². The minimum Gasteiger partial charge on any atom is -0.424 e. The number of aldehydes is 1. The molecule has 0 fully saturated rings. The molecule has 1 amide bonds. The molecule has 0 N–H and O–H groups in total. The number of carbonyl (C=O) groups excluding carboxylic acids is 2. The lowest BCUT2D eigenvalue weighted by molar-refractivity contribution is 0.0993. The molecule has 2 aromatic carbocycles. The van der Waals surface area contributed by atoms with Crippen LogP contribution in [0.25, 0.3) is 0 Å². The van der Waals surface area contributed by atoms with Crippen molar-refractivity contribution in [3.63, 3.8) is 0 Å². The second-order valence-corrected chi connectivity index (χ2v) is 5.69. The van der Waals surface area contributed by atoms with Crippen LogP contribution in [-0.2, 0) is 0 Å². The van der Waals surface area contributed by atoms with Crippen molar-refractivity contribution in [2.75, 3.05) is 11.9 Å². The van der Waals surface area contributed by atoms with Crippen molar-refractivity contribution in [3.8, 4) is 11.8 Å².